The van der Waals surface area contributed by atoms with Gasteiger partial charge in [0.25, 0.3) is 0 Å². The Kier molecular flexibility index (Phi) is 13.7. The fourth-order valence-corrected chi connectivity index (χ4v) is 6.10. The maximum atomic E-state index is 12.1. The van der Waals surface area contributed by atoms with Crippen LogP contribution < -0.4 is 14.4 Å². The van der Waals surface area contributed by atoms with Gasteiger partial charge >= 0.3 is 0 Å². The van der Waals surface area contributed by atoms with Crippen molar-refractivity contribution in [2.45, 2.75) is 27.7 Å². The molecule has 0 fully saturated rings. The van der Waals surface area contributed by atoms with Crippen LogP contribution in [0.2, 0.25) is 0 Å². The summed E-state index contributed by atoms with van der Waals surface area (Å²) in [5, 5.41) is 22.1. The van der Waals surface area contributed by atoms with Gasteiger partial charge < -0.3 is 15.0 Å². The predicted octanol–water partition coefficient (Wildman–Crippen LogP) is 9.27. The van der Waals surface area contributed by atoms with Crippen molar-refractivity contribution >= 4 is 23.2 Å². The van der Waals surface area contributed by atoms with E-state index in [0.29, 0.717) is 16.4 Å². The molecule has 2 aromatic heterocycles. The minimum absolute atomic E-state index is 0.467. The molecule has 0 unspecified atom stereocenters. The van der Waals surface area contributed by atoms with Crippen molar-refractivity contribution < 1.29 is 17.9 Å². The van der Waals surface area contributed by atoms with Gasteiger partial charge in [-0.25, -0.2) is 22.8 Å². The Morgan fingerprint density at radius 1 is 0.840 bits per heavy atom. The molecule has 0 aliphatic carbocycles. The summed E-state index contributed by atoms with van der Waals surface area (Å²) in [6, 6.07) is 29.3. The minimum atomic E-state index is -1.75. The van der Waals surface area contributed by atoms with Gasteiger partial charge in [0.2, 0.25) is 13.8 Å². The number of halogens is 3. The van der Waals surface area contributed by atoms with E-state index in [1.54, 1.807) is 35.3 Å². The third-order valence-corrected chi connectivity index (χ3v) is 8.58. The molecule has 2 N–H and O–H groups in total. The lowest BCUT2D eigenvalue weighted by atomic mass is 10.1. The van der Waals surface area contributed by atoms with Gasteiger partial charge in [0.15, 0.2) is 10.6 Å². The van der Waals surface area contributed by atoms with E-state index in [-0.39, 0.29) is 0 Å². The van der Waals surface area contributed by atoms with Crippen molar-refractivity contribution in [3.05, 3.63) is 124 Å². The molecular weight excluding hydrogens is 660 g/mol. The zero-order valence-electron chi connectivity index (χ0n) is 28.4. The second-order valence-electron chi connectivity index (χ2n) is 10.8. The number of rotatable bonds is 10. The quantitative estimate of drug-likeness (QED) is 0.139. The van der Waals surface area contributed by atoms with Crippen LogP contribution in [0.1, 0.15) is 30.5 Å². The van der Waals surface area contributed by atoms with Gasteiger partial charge in [-0.05, 0) is 86.3 Å². The highest BCUT2D eigenvalue weighted by Crippen LogP contribution is 2.28. The molecule has 6 rings (SSSR count). The van der Waals surface area contributed by atoms with Crippen molar-refractivity contribution in [2.24, 2.45) is 0 Å². The Bertz CT molecular complexity index is 1980. The molecule has 6 aromatic rings. The molecule has 2 heterocycles. The van der Waals surface area contributed by atoms with Crippen molar-refractivity contribution in [1.29, 1.82) is 10.8 Å². The third kappa shape index (κ3) is 9.14. The first-order valence-electron chi connectivity index (χ1n) is 15.9. The molecule has 260 valence electrons. The van der Waals surface area contributed by atoms with Gasteiger partial charge in [-0.2, -0.15) is 0 Å². The number of ether oxygens (including phenoxy) is 1. The molecule has 0 aliphatic rings. The molecule has 0 spiro atoms. The number of aryl methyl sites for hydroxylation is 2. The zero-order valence-corrected chi connectivity index (χ0v) is 29.2. The number of benzene rings is 4. The Morgan fingerprint density at radius 2 is 1.44 bits per heavy atom. The molecule has 0 saturated carbocycles. The average Bonchev–Trinajstić information content (AvgIpc) is 3.78. The highest BCUT2D eigenvalue weighted by molar-refractivity contribution is 7.07. The van der Waals surface area contributed by atoms with Gasteiger partial charge in [-0.15, -0.1) is 16.4 Å². The first-order valence-corrected chi connectivity index (χ1v) is 16.8. The molecule has 0 radical (unpaired) electrons. The van der Waals surface area contributed by atoms with Crippen LogP contribution in [0.4, 0.5) is 18.9 Å². The van der Waals surface area contributed by atoms with Gasteiger partial charge in [-0.1, -0.05) is 54.6 Å². The number of hydrogen-bond donors (Lipinski definition) is 2. The second kappa shape index (κ2) is 18.3. The van der Waals surface area contributed by atoms with Crippen LogP contribution in [-0.2, 0) is 0 Å². The molecule has 8 nitrogen and oxygen atoms in total. The smallest absolute Gasteiger partial charge is 0.229 e. The molecule has 0 aliphatic heterocycles. The zero-order chi connectivity index (χ0) is 36.0. The number of nitrogens with one attached hydrogen (secondary N) is 2. The number of alkyl halides is 3. The SMILES string of the molecule is CCN(CC)c1ccc(-c2csc(=N)n2-c2c(C)cccc2C)cc1.FCF.N=Cc1ccc(-c2ncn(-c3ccc(OCF)cc3)n2)cc1. The number of aromatic nitrogens is 4. The van der Waals surface area contributed by atoms with Gasteiger partial charge in [-0.3, -0.25) is 9.98 Å². The summed E-state index contributed by atoms with van der Waals surface area (Å²) < 4.78 is 39.8. The minimum Gasteiger partial charge on any atom is -0.463 e. The van der Waals surface area contributed by atoms with Crippen LogP contribution >= 0.6 is 11.3 Å². The summed E-state index contributed by atoms with van der Waals surface area (Å²) in [6.07, 6.45) is 2.90. The molecule has 12 heteroatoms. The van der Waals surface area contributed by atoms with Crippen LogP contribution in [0, 0.1) is 24.7 Å². The van der Waals surface area contributed by atoms with Crippen LogP contribution in [0.3, 0.4) is 0 Å². The van der Waals surface area contributed by atoms with Gasteiger partial charge in [0.05, 0.1) is 17.1 Å². The van der Waals surface area contributed by atoms with E-state index in [0.717, 1.165) is 46.8 Å². The predicted molar refractivity (Wildman–Crippen MR) is 196 cm³/mol. The van der Waals surface area contributed by atoms with Crippen molar-refractivity contribution in [3.8, 4) is 39.8 Å². The molecule has 0 saturated heterocycles. The van der Waals surface area contributed by atoms with Crippen LogP contribution in [0.15, 0.2) is 103 Å². The summed E-state index contributed by atoms with van der Waals surface area (Å²) >= 11 is 1.48. The highest BCUT2D eigenvalue weighted by atomic mass is 32.1. The Labute approximate surface area is 294 Å². The van der Waals surface area contributed by atoms with Crippen LogP contribution in [0.25, 0.3) is 34.0 Å². The summed E-state index contributed by atoms with van der Waals surface area (Å²) in [5.41, 5.74) is 9.49. The highest BCUT2D eigenvalue weighted by Gasteiger charge is 2.14. The monoisotopic (exact) mass is 699 g/mol. The van der Waals surface area contributed by atoms with E-state index in [2.05, 4.69) is 95.1 Å². The summed E-state index contributed by atoms with van der Waals surface area (Å²) in [4.78, 5) is 7.18. The Balaban J connectivity index is 0.000000210. The van der Waals surface area contributed by atoms with E-state index in [1.165, 1.54) is 34.4 Å². The maximum absolute atomic E-state index is 12.1. The number of hydrogen-bond acceptors (Lipinski definition) is 7. The van der Waals surface area contributed by atoms with Crippen LogP contribution in [-0.4, -0.2) is 52.4 Å². The second-order valence-corrected chi connectivity index (χ2v) is 11.7. The molecule has 50 heavy (non-hydrogen) atoms. The molecule has 4 aromatic carbocycles. The van der Waals surface area contributed by atoms with E-state index < -0.39 is 13.8 Å². The maximum Gasteiger partial charge on any atom is 0.229 e. The summed E-state index contributed by atoms with van der Waals surface area (Å²) in [7, 11) is 0. The van der Waals surface area contributed by atoms with Gasteiger partial charge in [0.1, 0.15) is 12.1 Å². The number of thiazole rings is 1. The first-order chi connectivity index (χ1) is 24.3. The lowest BCUT2D eigenvalue weighted by molar-refractivity contribution is 0.192. The third-order valence-electron chi connectivity index (χ3n) is 7.83. The Hall–Kier alpha value is -5.49. The number of para-hydroxylation sites is 1. The topological polar surface area (TPSA) is 95.8 Å². The normalized spacial score (nSPS) is 10.4. The average molecular weight is 700 g/mol. The van der Waals surface area contributed by atoms with E-state index in [1.807, 2.05) is 24.3 Å². The van der Waals surface area contributed by atoms with E-state index in [4.69, 9.17) is 15.6 Å². The van der Waals surface area contributed by atoms with Crippen LogP contribution in [0.5, 0.6) is 5.75 Å². The number of anilines is 1. The molecular formula is C38H40F3N7OS. The fourth-order valence-electron chi connectivity index (χ4n) is 5.34. The molecule has 0 amide bonds. The lowest BCUT2D eigenvalue weighted by Crippen LogP contribution is -2.21. The van der Waals surface area contributed by atoms with Crippen molar-refractivity contribution in [2.75, 3.05) is 31.8 Å². The van der Waals surface area contributed by atoms with Crippen molar-refractivity contribution in [3.63, 3.8) is 0 Å². The standard InChI is InChI=1S/C21H25N3S.C16H13FN4O.CH2F2/c1-5-23(6-2)18-12-10-17(11-13-18)19-14-25-21(22)24(19)20-15(3)8-7-9-16(20)4;17-10-22-15-7-5-14(6-8-15)21-11-19-16(20-21)13-3-1-12(9-18)2-4-13;2-1-3/h7-14,22H,5-6H2,1-4H3;1-9,11,18H,10H2;1H2. The van der Waals surface area contributed by atoms with Gasteiger partial charge in [0, 0.05) is 35.9 Å². The lowest BCUT2D eigenvalue weighted by Gasteiger charge is -2.21. The Morgan fingerprint density at radius 3 is 2.00 bits per heavy atom. The molecule has 0 bridgehead atoms. The van der Waals surface area contributed by atoms with E-state index in [9.17, 15) is 13.2 Å². The van der Waals surface area contributed by atoms with Crippen molar-refractivity contribution in [1.82, 2.24) is 19.3 Å². The summed E-state index contributed by atoms with van der Waals surface area (Å²) in [5.74, 6) is 1.06. The van der Waals surface area contributed by atoms with E-state index >= 15 is 0 Å². The number of nitrogens with zero attached hydrogens (tertiary/aromatic N) is 5. The molecule has 0 atom stereocenters. The largest absolute Gasteiger partial charge is 0.463 e. The first kappa shape index (κ1) is 37.3. The summed E-state index contributed by atoms with van der Waals surface area (Å²) in [6.45, 7) is 7.99. The fraction of sp³-hybridized carbons (Fsp3) is 0.211.